The highest BCUT2D eigenvalue weighted by atomic mass is 16.5. The van der Waals surface area contributed by atoms with Crippen LogP contribution in [0.25, 0.3) is 11.4 Å². The van der Waals surface area contributed by atoms with Crippen LogP contribution in [0.15, 0.2) is 24.3 Å². The highest BCUT2D eigenvalue weighted by Gasteiger charge is 2.46. The van der Waals surface area contributed by atoms with Crippen LogP contribution in [-0.2, 0) is 20.9 Å². The first-order valence-electron chi connectivity index (χ1n) is 8.28. The van der Waals surface area contributed by atoms with Crippen molar-refractivity contribution in [3.05, 3.63) is 29.8 Å². The molecule has 1 aliphatic heterocycles. The van der Waals surface area contributed by atoms with Gasteiger partial charge in [0.25, 0.3) is 0 Å². The van der Waals surface area contributed by atoms with E-state index < -0.39 is 11.4 Å². The van der Waals surface area contributed by atoms with Crippen molar-refractivity contribution in [1.29, 1.82) is 0 Å². The molecule has 1 unspecified atom stereocenters. The van der Waals surface area contributed by atoms with E-state index in [2.05, 4.69) is 15.4 Å². The summed E-state index contributed by atoms with van der Waals surface area (Å²) >= 11 is 0. The van der Waals surface area contributed by atoms with E-state index in [-0.39, 0.29) is 25.6 Å². The van der Waals surface area contributed by atoms with Gasteiger partial charge in [-0.1, -0.05) is 29.8 Å². The number of tetrazole rings is 1. The second-order valence-corrected chi connectivity index (χ2v) is 6.59. The first kappa shape index (κ1) is 18.0. The number of hydrogen-bond donors (Lipinski definition) is 1. The van der Waals surface area contributed by atoms with Gasteiger partial charge >= 0.3 is 5.97 Å². The number of aliphatic carboxylic acids is 1. The number of methoxy groups -OCH3 is 1. The molecule has 0 bridgehead atoms. The van der Waals surface area contributed by atoms with Gasteiger partial charge in [-0.3, -0.25) is 9.59 Å². The third-order valence-electron chi connectivity index (χ3n) is 4.62. The molecule has 1 aliphatic rings. The summed E-state index contributed by atoms with van der Waals surface area (Å²) in [7, 11) is 1.46. The Morgan fingerprint density at radius 3 is 2.69 bits per heavy atom. The van der Waals surface area contributed by atoms with Crippen LogP contribution < -0.4 is 0 Å². The van der Waals surface area contributed by atoms with E-state index in [0.29, 0.717) is 18.8 Å². The summed E-state index contributed by atoms with van der Waals surface area (Å²) in [5.74, 6) is -0.745. The van der Waals surface area contributed by atoms with Gasteiger partial charge in [0.15, 0.2) is 0 Å². The van der Waals surface area contributed by atoms with E-state index in [4.69, 9.17) is 4.74 Å². The molecule has 1 N–H and O–H groups in total. The lowest BCUT2D eigenvalue weighted by Gasteiger charge is -2.23. The number of likely N-dealkylation sites (tertiary alicyclic amines) is 1. The Hall–Kier alpha value is -2.81. The number of ether oxygens (including phenoxy) is 1. The summed E-state index contributed by atoms with van der Waals surface area (Å²) in [4.78, 5) is 26.8. The Kier molecular flexibility index (Phi) is 4.99. The van der Waals surface area contributed by atoms with Crippen molar-refractivity contribution in [2.45, 2.75) is 19.9 Å². The van der Waals surface area contributed by atoms with Crippen molar-refractivity contribution < 1.29 is 19.4 Å². The quantitative estimate of drug-likeness (QED) is 0.804. The predicted octanol–water partition coefficient (Wildman–Crippen LogP) is 0.598. The molecular formula is C17H21N5O4. The largest absolute Gasteiger partial charge is 0.481 e. The van der Waals surface area contributed by atoms with Crippen molar-refractivity contribution in [2.75, 3.05) is 26.8 Å². The molecule has 1 saturated heterocycles. The fourth-order valence-corrected chi connectivity index (χ4v) is 3.07. The van der Waals surface area contributed by atoms with Crippen LogP contribution in [0, 0.1) is 12.3 Å². The molecule has 1 aromatic heterocycles. The maximum atomic E-state index is 12.5. The van der Waals surface area contributed by atoms with Crippen LogP contribution in [0.3, 0.4) is 0 Å². The second kappa shape index (κ2) is 7.20. The van der Waals surface area contributed by atoms with Crippen LogP contribution in [0.5, 0.6) is 0 Å². The van der Waals surface area contributed by atoms with Gasteiger partial charge in [0, 0.05) is 25.8 Å². The van der Waals surface area contributed by atoms with Gasteiger partial charge in [-0.15, -0.1) is 10.2 Å². The van der Waals surface area contributed by atoms with Gasteiger partial charge in [-0.2, -0.15) is 4.80 Å². The predicted molar refractivity (Wildman–Crippen MR) is 91.1 cm³/mol. The zero-order chi connectivity index (χ0) is 18.7. The second-order valence-electron chi connectivity index (χ2n) is 6.59. The monoisotopic (exact) mass is 359 g/mol. The van der Waals surface area contributed by atoms with Gasteiger partial charge in [0.05, 0.1) is 6.61 Å². The molecule has 2 aromatic rings. The number of rotatable bonds is 6. The van der Waals surface area contributed by atoms with Crippen LogP contribution in [-0.4, -0.2) is 68.9 Å². The smallest absolute Gasteiger partial charge is 0.313 e. The van der Waals surface area contributed by atoms with Gasteiger partial charge in [0.2, 0.25) is 11.7 Å². The molecule has 1 amide bonds. The lowest BCUT2D eigenvalue weighted by molar-refractivity contribution is -0.151. The molecule has 0 radical (unpaired) electrons. The number of carbonyl (C=O) groups is 2. The molecule has 138 valence electrons. The van der Waals surface area contributed by atoms with Crippen LogP contribution in [0.2, 0.25) is 0 Å². The van der Waals surface area contributed by atoms with E-state index in [1.54, 1.807) is 0 Å². The first-order valence-corrected chi connectivity index (χ1v) is 8.28. The third kappa shape index (κ3) is 3.57. The van der Waals surface area contributed by atoms with Gasteiger partial charge < -0.3 is 14.7 Å². The molecule has 1 fully saturated rings. The van der Waals surface area contributed by atoms with Crippen molar-refractivity contribution in [3.8, 4) is 11.4 Å². The van der Waals surface area contributed by atoms with Gasteiger partial charge in [-0.05, 0) is 18.6 Å². The summed E-state index contributed by atoms with van der Waals surface area (Å²) in [6.45, 7) is 2.47. The fraction of sp³-hybridized carbons (Fsp3) is 0.471. The van der Waals surface area contributed by atoms with E-state index in [1.807, 2.05) is 31.2 Å². The third-order valence-corrected chi connectivity index (χ3v) is 4.62. The standard InChI is InChI=1S/C17H21N5O4/c1-12-3-5-13(6-4-12)15-18-20-22(19-15)9-14(23)21-8-7-17(10-21,11-26-2)16(24)25/h3-6H,7-11H2,1-2H3,(H,24,25). The summed E-state index contributed by atoms with van der Waals surface area (Å²) in [6.07, 6.45) is 0.362. The number of benzene rings is 1. The molecule has 1 atom stereocenters. The number of carboxylic acid groups (broad SMARTS) is 1. The van der Waals surface area contributed by atoms with E-state index in [0.717, 1.165) is 11.1 Å². The maximum Gasteiger partial charge on any atom is 0.313 e. The SMILES string of the molecule is COCC1(C(=O)O)CCN(C(=O)Cn2nnc(-c3ccc(C)cc3)n2)C1. The Bertz CT molecular complexity index is 804. The Morgan fingerprint density at radius 2 is 2.04 bits per heavy atom. The van der Waals surface area contributed by atoms with Crippen LogP contribution >= 0.6 is 0 Å². The number of carboxylic acids is 1. The number of hydrogen-bond acceptors (Lipinski definition) is 6. The Morgan fingerprint density at radius 1 is 1.31 bits per heavy atom. The van der Waals surface area contributed by atoms with E-state index in [9.17, 15) is 14.7 Å². The molecule has 1 aromatic carbocycles. The van der Waals surface area contributed by atoms with Crippen molar-refractivity contribution in [1.82, 2.24) is 25.1 Å². The minimum atomic E-state index is -1.05. The summed E-state index contributed by atoms with van der Waals surface area (Å²) in [5.41, 5.74) is 0.900. The Labute approximate surface area is 150 Å². The number of nitrogens with zero attached hydrogens (tertiary/aromatic N) is 5. The topological polar surface area (TPSA) is 110 Å². The van der Waals surface area contributed by atoms with Crippen molar-refractivity contribution in [3.63, 3.8) is 0 Å². The van der Waals surface area contributed by atoms with Crippen molar-refractivity contribution in [2.24, 2.45) is 5.41 Å². The zero-order valence-corrected chi connectivity index (χ0v) is 14.8. The Balaban J connectivity index is 1.66. The summed E-state index contributed by atoms with van der Waals surface area (Å²) in [5, 5.41) is 21.6. The zero-order valence-electron chi connectivity index (χ0n) is 14.8. The minimum Gasteiger partial charge on any atom is -0.481 e. The van der Waals surface area contributed by atoms with Crippen LogP contribution in [0.4, 0.5) is 0 Å². The highest BCUT2D eigenvalue weighted by Crippen LogP contribution is 2.31. The van der Waals surface area contributed by atoms with Gasteiger partial charge in [0.1, 0.15) is 12.0 Å². The summed E-state index contributed by atoms with van der Waals surface area (Å²) in [6, 6.07) is 7.69. The van der Waals surface area contributed by atoms with Gasteiger partial charge in [-0.25, -0.2) is 0 Å². The number of aryl methyl sites for hydroxylation is 1. The maximum absolute atomic E-state index is 12.5. The molecule has 3 rings (SSSR count). The molecule has 0 saturated carbocycles. The number of carbonyl (C=O) groups excluding carboxylic acids is 1. The molecule has 26 heavy (non-hydrogen) atoms. The van der Waals surface area contributed by atoms with E-state index in [1.165, 1.54) is 16.8 Å². The normalized spacial score (nSPS) is 19.7. The van der Waals surface area contributed by atoms with Crippen LogP contribution in [0.1, 0.15) is 12.0 Å². The lowest BCUT2D eigenvalue weighted by Crippen LogP contribution is -2.41. The molecule has 9 heteroatoms. The minimum absolute atomic E-state index is 0.0747. The molecule has 2 heterocycles. The van der Waals surface area contributed by atoms with Crippen molar-refractivity contribution >= 4 is 11.9 Å². The highest BCUT2D eigenvalue weighted by molar-refractivity contribution is 5.80. The average Bonchev–Trinajstić information content (AvgIpc) is 3.24. The fourth-order valence-electron chi connectivity index (χ4n) is 3.07. The number of aromatic nitrogens is 4. The lowest BCUT2D eigenvalue weighted by atomic mass is 9.88. The summed E-state index contributed by atoms with van der Waals surface area (Å²) < 4.78 is 5.04. The molecule has 0 spiro atoms. The molecule has 9 nitrogen and oxygen atoms in total. The molecule has 0 aliphatic carbocycles. The first-order chi connectivity index (χ1) is 12.4. The molecular weight excluding hydrogens is 338 g/mol. The number of amides is 1. The van der Waals surface area contributed by atoms with E-state index >= 15 is 0 Å². The average molecular weight is 359 g/mol.